The van der Waals surface area contributed by atoms with E-state index in [-0.39, 0.29) is 24.0 Å². The smallest absolute Gasteiger partial charge is 0.191 e. The Morgan fingerprint density at radius 2 is 1.84 bits per heavy atom. The molecule has 0 spiro atoms. The van der Waals surface area contributed by atoms with Crippen LogP contribution in [-0.2, 0) is 13.1 Å². The van der Waals surface area contributed by atoms with Crippen molar-refractivity contribution < 1.29 is 0 Å². The fourth-order valence-corrected chi connectivity index (χ4v) is 3.31. The molecule has 0 amide bonds. The van der Waals surface area contributed by atoms with Gasteiger partial charge in [-0.05, 0) is 50.2 Å². The molecule has 1 aromatic rings. The van der Waals surface area contributed by atoms with Gasteiger partial charge in [-0.3, -0.25) is 4.90 Å². The molecule has 1 saturated heterocycles. The molecule has 2 rings (SSSR count). The van der Waals surface area contributed by atoms with Crippen LogP contribution in [0.2, 0.25) is 0 Å². The van der Waals surface area contributed by atoms with E-state index in [2.05, 4.69) is 53.0 Å². The van der Waals surface area contributed by atoms with Crippen LogP contribution in [0.4, 0.5) is 0 Å². The summed E-state index contributed by atoms with van der Waals surface area (Å²) in [4.78, 5) is 7.35. The highest BCUT2D eigenvalue weighted by molar-refractivity contribution is 14.0. The van der Waals surface area contributed by atoms with E-state index in [9.17, 15) is 0 Å². The Balaban J connectivity index is 0.00000312. The Morgan fingerprint density at radius 1 is 1.12 bits per heavy atom. The molecule has 1 aromatic carbocycles. The molecular formula is C19H33IN4S. The van der Waals surface area contributed by atoms with Crippen molar-refractivity contribution in [3.8, 4) is 0 Å². The van der Waals surface area contributed by atoms with Gasteiger partial charge in [0.2, 0.25) is 0 Å². The van der Waals surface area contributed by atoms with E-state index in [1.54, 1.807) is 0 Å². The first-order chi connectivity index (χ1) is 11.8. The third-order valence-corrected chi connectivity index (χ3v) is 4.92. The quantitative estimate of drug-likeness (QED) is 0.260. The molecule has 4 nitrogen and oxygen atoms in total. The number of benzene rings is 1. The minimum Gasteiger partial charge on any atom is -0.357 e. The average Bonchev–Trinajstić information content (AvgIpc) is 2.62. The molecule has 1 aliphatic rings. The number of hydrogen-bond acceptors (Lipinski definition) is 3. The van der Waals surface area contributed by atoms with E-state index in [1.807, 2.05) is 11.8 Å². The van der Waals surface area contributed by atoms with Gasteiger partial charge in [0.05, 0.1) is 6.54 Å². The zero-order valence-electron chi connectivity index (χ0n) is 15.6. The van der Waals surface area contributed by atoms with Gasteiger partial charge in [-0.25, -0.2) is 4.99 Å². The van der Waals surface area contributed by atoms with Crippen LogP contribution in [-0.4, -0.2) is 49.0 Å². The van der Waals surface area contributed by atoms with Crippen LogP contribution in [0.25, 0.3) is 0 Å². The molecule has 142 valence electrons. The zero-order valence-corrected chi connectivity index (χ0v) is 18.7. The number of likely N-dealkylation sites (tertiary alicyclic amines) is 1. The van der Waals surface area contributed by atoms with Crippen LogP contribution < -0.4 is 10.6 Å². The maximum absolute atomic E-state index is 4.78. The van der Waals surface area contributed by atoms with Crippen molar-refractivity contribution in [1.29, 1.82) is 0 Å². The largest absolute Gasteiger partial charge is 0.357 e. The Labute approximate surface area is 174 Å². The highest BCUT2D eigenvalue weighted by Gasteiger charge is 2.12. The molecule has 0 unspecified atom stereocenters. The number of nitrogens with zero attached hydrogens (tertiary/aromatic N) is 2. The van der Waals surface area contributed by atoms with Gasteiger partial charge in [0, 0.05) is 25.4 Å². The van der Waals surface area contributed by atoms with Crippen LogP contribution in [0.5, 0.6) is 0 Å². The highest BCUT2D eigenvalue weighted by Crippen LogP contribution is 2.16. The molecule has 2 N–H and O–H groups in total. The van der Waals surface area contributed by atoms with Crippen molar-refractivity contribution in [3.63, 3.8) is 0 Å². The predicted octanol–water partition coefficient (Wildman–Crippen LogP) is 3.71. The van der Waals surface area contributed by atoms with Crippen molar-refractivity contribution >= 4 is 41.7 Å². The van der Waals surface area contributed by atoms with Crippen molar-refractivity contribution in [2.24, 2.45) is 4.99 Å². The van der Waals surface area contributed by atoms with Crippen LogP contribution in [0.1, 0.15) is 37.3 Å². The van der Waals surface area contributed by atoms with Gasteiger partial charge in [-0.15, -0.1) is 24.0 Å². The molecule has 1 heterocycles. The summed E-state index contributed by atoms with van der Waals surface area (Å²) >= 11 is 1.85. The Kier molecular flexibility index (Phi) is 12.4. The van der Waals surface area contributed by atoms with Crippen molar-refractivity contribution in [3.05, 3.63) is 35.4 Å². The summed E-state index contributed by atoms with van der Waals surface area (Å²) in [5.74, 6) is 2.01. The molecule has 0 aliphatic carbocycles. The van der Waals surface area contributed by atoms with Gasteiger partial charge in [0.1, 0.15) is 0 Å². The lowest BCUT2D eigenvalue weighted by Gasteiger charge is -2.27. The summed E-state index contributed by atoms with van der Waals surface area (Å²) in [6.45, 7) is 8.20. The predicted molar refractivity (Wildman–Crippen MR) is 122 cm³/mol. The SMILES string of the molecule is CCNC(=NCc1ccccc1CN1CCCCC1)NCCSC.I. The molecule has 0 radical (unpaired) electrons. The number of aliphatic imine (C=N–C) groups is 1. The third-order valence-electron chi connectivity index (χ3n) is 4.31. The van der Waals surface area contributed by atoms with Gasteiger partial charge in [-0.1, -0.05) is 30.7 Å². The number of rotatable bonds is 8. The monoisotopic (exact) mass is 476 g/mol. The Bertz CT molecular complexity index is 504. The molecule has 0 bridgehead atoms. The van der Waals surface area contributed by atoms with Gasteiger partial charge in [-0.2, -0.15) is 11.8 Å². The first-order valence-electron chi connectivity index (χ1n) is 9.13. The molecular weight excluding hydrogens is 443 g/mol. The lowest BCUT2D eigenvalue weighted by Crippen LogP contribution is -2.38. The minimum atomic E-state index is 0. The summed E-state index contributed by atoms with van der Waals surface area (Å²) < 4.78 is 0. The fraction of sp³-hybridized carbons (Fsp3) is 0.632. The van der Waals surface area contributed by atoms with E-state index in [0.717, 1.165) is 37.9 Å². The molecule has 1 aliphatic heterocycles. The summed E-state index contributed by atoms with van der Waals surface area (Å²) in [6.07, 6.45) is 6.19. The first-order valence-corrected chi connectivity index (χ1v) is 10.5. The van der Waals surface area contributed by atoms with Crippen molar-refractivity contribution in [2.45, 2.75) is 39.3 Å². The van der Waals surface area contributed by atoms with E-state index < -0.39 is 0 Å². The number of hydrogen-bond donors (Lipinski definition) is 2. The maximum atomic E-state index is 4.78. The van der Waals surface area contributed by atoms with E-state index >= 15 is 0 Å². The summed E-state index contributed by atoms with van der Waals surface area (Å²) in [5.41, 5.74) is 2.76. The Hall–Kier alpha value is -0.470. The van der Waals surface area contributed by atoms with Gasteiger partial charge < -0.3 is 10.6 Å². The van der Waals surface area contributed by atoms with Crippen molar-refractivity contribution in [2.75, 3.05) is 38.2 Å². The summed E-state index contributed by atoms with van der Waals surface area (Å²) in [6, 6.07) is 8.74. The lowest BCUT2D eigenvalue weighted by atomic mass is 10.1. The molecule has 1 fully saturated rings. The second-order valence-corrected chi connectivity index (χ2v) is 7.21. The van der Waals surface area contributed by atoms with E-state index in [4.69, 9.17) is 4.99 Å². The van der Waals surface area contributed by atoms with Crippen LogP contribution in [0.3, 0.4) is 0 Å². The first kappa shape index (κ1) is 22.6. The van der Waals surface area contributed by atoms with Gasteiger partial charge in [0.15, 0.2) is 5.96 Å². The zero-order chi connectivity index (χ0) is 17.0. The number of halogens is 1. The number of guanidine groups is 1. The van der Waals surface area contributed by atoms with E-state index in [0.29, 0.717) is 0 Å². The number of nitrogens with one attached hydrogen (secondary N) is 2. The molecule has 0 saturated carbocycles. The minimum absolute atomic E-state index is 0. The summed E-state index contributed by atoms with van der Waals surface area (Å²) in [7, 11) is 0. The second-order valence-electron chi connectivity index (χ2n) is 6.22. The fourth-order valence-electron chi connectivity index (χ4n) is 3.00. The molecule has 0 aromatic heterocycles. The second kappa shape index (κ2) is 13.7. The van der Waals surface area contributed by atoms with Crippen LogP contribution in [0, 0.1) is 0 Å². The molecule has 25 heavy (non-hydrogen) atoms. The summed E-state index contributed by atoms with van der Waals surface area (Å²) in [5, 5.41) is 6.73. The average molecular weight is 476 g/mol. The van der Waals surface area contributed by atoms with Crippen LogP contribution >= 0.6 is 35.7 Å². The standard InChI is InChI=1S/C19H32N4S.HI/c1-3-20-19(21-11-14-24-2)22-15-17-9-5-6-10-18(17)16-23-12-7-4-8-13-23;/h5-6,9-10H,3-4,7-8,11-16H2,1-2H3,(H2,20,21,22);1H. The van der Waals surface area contributed by atoms with Gasteiger partial charge in [0.25, 0.3) is 0 Å². The topological polar surface area (TPSA) is 39.7 Å². The van der Waals surface area contributed by atoms with Crippen LogP contribution in [0.15, 0.2) is 29.3 Å². The molecule has 6 heteroatoms. The lowest BCUT2D eigenvalue weighted by molar-refractivity contribution is 0.220. The normalized spacial score (nSPS) is 15.5. The van der Waals surface area contributed by atoms with E-state index in [1.165, 1.54) is 43.5 Å². The van der Waals surface area contributed by atoms with Crippen molar-refractivity contribution in [1.82, 2.24) is 15.5 Å². The molecule has 0 atom stereocenters. The number of piperidine rings is 1. The number of thioether (sulfide) groups is 1. The third kappa shape index (κ3) is 8.64. The highest BCUT2D eigenvalue weighted by atomic mass is 127. The van der Waals surface area contributed by atoms with Gasteiger partial charge >= 0.3 is 0 Å². The maximum Gasteiger partial charge on any atom is 0.191 e. The Morgan fingerprint density at radius 3 is 2.52 bits per heavy atom.